The van der Waals surface area contributed by atoms with Crippen molar-refractivity contribution in [2.75, 3.05) is 6.61 Å². The molecule has 0 aliphatic rings. The summed E-state index contributed by atoms with van der Waals surface area (Å²) < 4.78 is 5.39. The van der Waals surface area contributed by atoms with Gasteiger partial charge in [-0.3, -0.25) is 0 Å². The normalized spacial score (nSPS) is 9.56. The minimum atomic E-state index is 0.154. The van der Waals surface area contributed by atoms with E-state index in [0.717, 1.165) is 0 Å². The monoisotopic (exact) mass is 237 g/mol. The molecule has 0 atom stereocenters. The zero-order valence-corrected chi connectivity index (χ0v) is 9.75. The van der Waals surface area contributed by atoms with Crippen LogP contribution in [0.25, 0.3) is 0 Å². The van der Waals surface area contributed by atoms with Crippen LogP contribution in [0.2, 0.25) is 5.02 Å². The third-order valence-electron chi connectivity index (χ3n) is 2.00. The molecule has 1 aromatic carbocycles. The second kappa shape index (κ2) is 6.14. The molecule has 0 radical (unpaired) electrons. The summed E-state index contributed by atoms with van der Waals surface area (Å²) in [6, 6.07) is 6.88. The van der Waals surface area contributed by atoms with Crippen molar-refractivity contribution >= 4 is 17.4 Å². The van der Waals surface area contributed by atoms with Crippen LogP contribution in [-0.2, 0) is 4.79 Å². The largest absolute Gasteiger partial charge is 0.494 e. The van der Waals surface area contributed by atoms with Gasteiger partial charge in [-0.2, -0.15) is 5.26 Å². The smallest absolute Gasteiger partial charge is 0.129 e. The summed E-state index contributed by atoms with van der Waals surface area (Å²) >= 11 is 5.84. The molecule has 0 N–H and O–H groups in total. The number of nitriles is 1. The molecule has 0 saturated heterocycles. The molecule has 0 bridgehead atoms. The zero-order valence-electron chi connectivity index (χ0n) is 9.00. The van der Waals surface area contributed by atoms with Gasteiger partial charge in [0.15, 0.2) is 0 Å². The highest BCUT2D eigenvalue weighted by molar-refractivity contribution is 6.31. The van der Waals surface area contributed by atoms with Gasteiger partial charge in [0, 0.05) is 12.5 Å². The van der Waals surface area contributed by atoms with Crippen LogP contribution in [-0.4, -0.2) is 12.4 Å². The summed E-state index contributed by atoms with van der Waals surface area (Å²) in [7, 11) is 0. The van der Waals surface area contributed by atoms with Crippen LogP contribution in [0.3, 0.4) is 0 Å². The minimum Gasteiger partial charge on any atom is -0.494 e. The van der Waals surface area contributed by atoms with Gasteiger partial charge >= 0.3 is 0 Å². The van der Waals surface area contributed by atoms with Gasteiger partial charge in [-0.15, -0.1) is 0 Å². The SMILES string of the molecule is CC(=O)CCCOc1ccc(C#N)c(Cl)c1. The van der Waals surface area contributed by atoms with Crippen LogP contribution in [0, 0.1) is 11.3 Å². The Morgan fingerprint density at radius 3 is 2.88 bits per heavy atom. The van der Waals surface area contributed by atoms with Crippen molar-refractivity contribution in [1.82, 2.24) is 0 Å². The molecule has 1 aromatic rings. The van der Waals surface area contributed by atoms with Gasteiger partial charge in [0.2, 0.25) is 0 Å². The Kier molecular flexibility index (Phi) is 4.81. The van der Waals surface area contributed by atoms with E-state index in [1.54, 1.807) is 25.1 Å². The predicted octanol–water partition coefficient (Wildman–Crippen LogP) is 2.96. The number of hydrogen-bond acceptors (Lipinski definition) is 3. The average molecular weight is 238 g/mol. The number of ketones is 1. The maximum Gasteiger partial charge on any atom is 0.129 e. The van der Waals surface area contributed by atoms with E-state index in [0.29, 0.717) is 35.8 Å². The van der Waals surface area contributed by atoms with Crippen molar-refractivity contribution in [3.63, 3.8) is 0 Å². The summed E-state index contributed by atoms with van der Waals surface area (Å²) in [6.07, 6.45) is 1.21. The van der Waals surface area contributed by atoms with Crippen molar-refractivity contribution < 1.29 is 9.53 Å². The molecular weight excluding hydrogens is 226 g/mol. The van der Waals surface area contributed by atoms with Crippen LogP contribution in [0.15, 0.2) is 18.2 Å². The van der Waals surface area contributed by atoms with Gasteiger partial charge in [-0.25, -0.2) is 0 Å². The lowest BCUT2D eigenvalue weighted by Crippen LogP contribution is -2.00. The number of carbonyl (C=O) groups is 1. The standard InChI is InChI=1S/C12H12ClNO2/c1-9(15)3-2-6-16-11-5-4-10(8-14)12(13)7-11/h4-5,7H,2-3,6H2,1H3. The molecule has 0 unspecified atom stereocenters. The molecule has 0 saturated carbocycles. The highest BCUT2D eigenvalue weighted by Crippen LogP contribution is 2.21. The maximum atomic E-state index is 10.7. The zero-order chi connectivity index (χ0) is 12.0. The summed E-state index contributed by atoms with van der Waals surface area (Å²) in [5, 5.41) is 9.05. The molecule has 84 valence electrons. The van der Waals surface area contributed by atoms with E-state index in [1.165, 1.54) is 0 Å². The highest BCUT2D eigenvalue weighted by atomic mass is 35.5. The van der Waals surface area contributed by atoms with Gasteiger partial charge in [-0.05, 0) is 25.5 Å². The fraction of sp³-hybridized carbons (Fsp3) is 0.333. The molecule has 16 heavy (non-hydrogen) atoms. The molecule has 0 spiro atoms. The lowest BCUT2D eigenvalue weighted by molar-refractivity contribution is -0.117. The highest BCUT2D eigenvalue weighted by Gasteiger charge is 2.01. The fourth-order valence-electron chi connectivity index (χ4n) is 1.19. The number of rotatable bonds is 5. The van der Waals surface area contributed by atoms with Crippen LogP contribution in [0.4, 0.5) is 0 Å². The van der Waals surface area contributed by atoms with Gasteiger partial charge in [0.05, 0.1) is 17.2 Å². The first-order valence-corrected chi connectivity index (χ1v) is 5.33. The van der Waals surface area contributed by atoms with Crippen molar-refractivity contribution in [3.05, 3.63) is 28.8 Å². The van der Waals surface area contributed by atoms with Crippen molar-refractivity contribution in [2.24, 2.45) is 0 Å². The first-order chi connectivity index (χ1) is 7.63. The Hall–Kier alpha value is -1.53. The fourth-order valence-corrected chi connectivity index (χ4v) is 1.40. The summed E-state index contributed by atoms with van der Waals surface area (Å²) in [5.41, 5.74) is 0.428. The predicted molar refractivity (Wildman–Crippen MR) is 61.6 cm³/mol. The van der Waals surface area contributed by atoms with E-state index < -0.39 is 0 Å². The van der Waals surface area contributed by atoms with E-state index in [4.69, 9.17) is 21.6 Å². The third kappa shape index (κ3) is 3.92. The van der Waals surface area contributed by atoms with Crippen LogP contribution >= 0.6 is 11.6 Å². The second-order valence-corrected chi connectivity index (χ2v) is 3.81. The summed E-state index contributed by atoms with van der Waals surface area (Å²) in [4.78, 5) is 10.7. The van der Waals surface area contributed by atoms with E-state index in [9.17, 15) is 4.79 Å². The number of nitrogens with zero attached hydrogens (tertiary/aromatic N) is 1. The Labute approximate surface area is 99.6 Å². The molecule has 0 fully saturated rings. The third-order valence-corrected chi connectivity index (χ3v) is 2.32. The van der Waals surface area contributed by atoms with Crippen molar-refractivity contribution in [3.8, 4) is 11.8 Å². The van der Waals surface area contributed by atoms with E-state index in [2.05, 4.69) is 0 Å². The first-order valence-electron chi connectivity index (χ1n) is 4.95. The second-order valence-electron chi connectivity index (χ2n) is 3.41. The molecule has 0 aliphatic carbocycles. The summed E-state index contributed by atoms with van der Waals surface area (Å²) in [5.74, 6) is 0.772. The van der Waals surface area contributed by atoms with Gasteiger partial charge in [0.25, 0.3) is 0 Å². The van der Waals surface area contributed by atoms with E-state index >= 15 is 0 Å². The number of ether oxygens (including phenoxy) is 1. The van der Waals surface area contributed by atoms with Gasteiger partial charge in [-0.1, -0.05) is 11.6 Å². The van der Waals surface area contributed by atoms with Gasteiger partial charge in [0.1, 0.15) is 17.6 Å². The number of Topliss-reactive ketones (excluding diaryl/α,β-unsaturated/α-hetero) is 1. The quantitative estimate of drug-likeness (QED) is 0.740. The molecule has 0 amide bonds. The number of benzene rings is 1. The Morgan fingerprint density at radius 2 is 2.31 bits per heavy atom. The molecule has 3 nitrogen and oxygen atoms in total. The molecule has 0 aliphatic heterocycles. The number of hydrogen-bond donors (Lipinski definition) is 0. The van der Waals surface area contributed by atoms with Crippen molar-refractivity contribution in [2.45, 2.75) is 19.8 Å². The first kappa shape index (κ1) is 12.5. The molecule has 4 heteroatoms. The van der Waals surface area contributed by atoms with Gasteiger partial charge < -0.3 is 9.53 Å². The summed E-state index contributed by atoms with van der Waals surface area (Å²) in [6.45, 7) is 2.03. The lowest BCUT2D eigenvalue weighted by Gasteiger charge is -2.05. The average Bonchev–Trinajstić information content (AvgIpc) is 2.24. The molecule has 0 aromatic heterocycles. The number of halogens is 1. The molecular formula is C12H12ClNO2. The van der Waals surface area contributed by atoms with E-state index in [1.807, 2.05) is 6.07 Å². The van der Waals surface area contributed by atoms with Crippen LogP contribution in [0.1, 0.15) is 25.3 Å². The molecule has 1 rings (SSSR count). The van der Waals surface area contributed by atoms with Crippen LogP contribution < -0.4 is 4.74 Å². The number of carbonyl (C=O) groups excluding carboxylic acids is 1. The molecule has 0 heterocycles. The topological polar surface area (TPSA) is 50.1 Å². The minimum absolute atomic E-state index is 0.154. The lowest BCUT2D eigenvalue weighted by atomic mass is 10.2. The Morgan fingerprint density at radius 1 is 1.56 bits per heavy atom. The maximum absolute atomic E-state index is 10.7. The van der Waals surface area contributed by atoms with Crippen molar-refractivity contribution in [1.29, 1.82) is 5.26 Å². The van der Waals surface area contributed by atoms with E-state index in [-0.39, 0.29) is 5.78 Å². The Balaban J connectivity index is 2.47. The van der Waals surface area contributed by atoms with Crippen LogP contribution in [0.5, 0.6) is 5.75 Å². The Bertz CT molecular complexity index is 424.